The van der Waals surface area contributed by atoms with Crippen molar-refractivity contribution in [3.63, 3.8) is 0 Å². The van der Waals surface area contributed by atoms with E-state index in [-0.39, 0.29) is 11.7 Å². The molecule has 0 spiro atoms. The number of carbonyl (C=O) groups is 1. The maximum Gasteiger partial charge on any atom is 0.252 e. The number of methoxy groups -OCH3 is 2. The Bertz CT molecular complexity index is 869. The second-order valence-electron chi connectivity index (χ2n) is 7.60. The number of benzene rings is 1. The predicted molar refractivity (Wildman–Crippen MR) is 126 cm³/mol. The lowest BCUT2D eigenvalue weighted by Crippen LogP contribution is -2.36. The number of nitrogens with zero attached hydrogens (tertiary/aromatic N) is 2. The third-order valence-corrected chi connectivity index (χ3v) is 7.17. The van der Waals surface area contributed by atoms with Gasteiger partial charge in [0, 0.05) is 19.3 Å². The molecule has 30 heavy (non-hydrogen) atoms. The maximum atomic E-state index is 12.8. The van der Waals surface area contributed by atoms with Crippen LogP contribution in [0.4, 0.5) is 0 Å². The van der Waals surface area contributed by atoms with Gasteiger partial charge in [-0.2, -0.15) is 0 Å². The molecule has 1 aliphatic carbocycles. The zero-order valence-electron chi connectivity index (χ0n) is 18.1. The number of carbonyl (C=O) groups excluding carboxylic acids is 1. The largest absolute Gasteiger partial charge is 0.493 e. The van der Waals surface area contributed by atoms with Crippen LogP contribution in [0.2, 0.25) is 0 Å². The van der Waals surface area contributed by atoms with Crippen molar-refractivity contribution in [1.82, 2.24) is 4.90 Å². The Labute approximate surface area is 181 Å². The van der Waals surface area contributed by atoms with E-state index in [2.05, 4.69) is 30.1 Å². The van der Waals surface area contributed by atoms with E-state index in [0.717, 1.165) is 10.9 Å². The summed E-state index contributed by atoms with van der Waals surface area (Å²) in [6.07, 6.45) is 14.8. The van der Waals surface area contributed by atoms with Crippen LogP contribution in [0, 0.1) is 5.92 Å². The topological polar surface area (TPSA) is 51.1 Å². The molecule has 4 rings (SSSR count). The average Bonchev–Trinajstić information content (AvgIpc) is 2.79. The fourth-order valence-electron chi connectivity index (χ4n) is 4.14. The molecule has 1 aromatic carbocycles. The van der Waals surface area contributed by atoms with Crippen LogP contribution < -0.4 is 9.47 Å². The Morgan fingerprint density at radius 1 is 1.13 bits per heavy atom. The van der Waals surface area contributed by atoms with Gasteiger partial charge in [0.25, 0.3) is 5.91 Å². The summed E-state index contributed by atoms with van der Waals surface area (Å²) in [6, 6.07) is 5.85. The third kappa shape index (κ3) is 5.02. The molecule has 1 saturated carbocycles. The summed E-state index contributed by atoms with van der Waals surface area (Å²) in [5.41, 5.74) is 2.35. The van der Waals surface area contributed by atoms with Gasteiger partial charge in [0.15, 0.2) is 11.5 Å². The highest BCUT2D eigenvalue weighted by Gasteiger charge is 2.30. The molecule has 0 bridgehead atoms. The first-order chi connectivity index (χ1) is 14.6. The minimum atomic E-state index is 0.0706. The molecule has 0 radical (unpaired) electrons. The van der Waals surface area contributed by atoms with Gasteiger partial charge in [-0.25, -0.2) is 0 Å². The van der Waals surface area contributed by atoms with Crippen LogP contribution in [0.3, 0.4) is 0 Å². The zero-order valence-corrected chi connectivity index (χ0v) is 19.1. The van der Waals surface area contributed by atoms with E-state index in [1.54, 1.807) is 27.3 Å². The Morgan fingerprint density at radius 3 is 2.50 bits per heavy atom. The summed E-state index contributed by atoms with van der Waals surface area (Å²) in [6.45, 7) is 3.11. The summed E-state index contributed by atoms with van der Waals surface area (Å²) in [5.74, 6) is 2.20. The molecule has 1 fully saturated rings. The van der Waals surface area contributed by atoms with E-state index in [0.29, 0.717) is 26.0 Å². The molecule has 0 aromatic heterocycles. The lowest BCUT2D eigenvalue weighted by Gasteiger charge is -2.36. The van der Waals surface area contributed by atoms with Gasteiger partial charge in [-0.1, -0.05) is 46.1 Å². The lowest BCUT2D eigenvalue weighted by molar-refractivity contribution is -0.123. The van der Waals surface area contributed by atoms with Gasteiger partial charge in [0.1, 0.15) is 0 Å². The summed E-state index contributed by atoms with van der Waals surface area (Å²) >= 11 is 0. The van der Waals surface area contributed by atoms with Crippen LogP contribution >= 0.6 is 8.58 Å². The first-order valence-corrected chi connectivity index (χ1v) is 11.5. The van der Waals surface area contributed by atoms with E-state index in [9.17, 15) is 4.79 Å². The Morgan fingerprint density at radius 2 is 1.83 bits per heavy atom. The molecule has 1 aromatic rings. The van der Waals surface area contributed by atoms with Gasteiger partial charge >= 0.3 is 0 Å². The number of hydrogen-bond donors (Lipinski definition) is 0. The Hall–Kier alpha value is -2.39. The van der Waals surface area contributed by atoms with E-state index in [1.807, 2.05) is 23.1 Å². The first kappa shape index (κ1) is 22.3. The number of fused-ring (bicyclic) bond motifs is 1. The number of rotatable bonds is 4. The van der Waals surface area contributed by atoms with Gasteiger partial charge in [-0.05, 0) is 54.1 Å². The fourth-order valence-corrected chi connectivity index (χ4v) is 5.53. The summed E-state index contributed by atoms with van der Waals surface area (Å²) in [7, 11) is 5.42. The van der Waals surface area contributed by atoms with Crippen molar-refractivity contribution in [3.05, 3.63) is 53.8 Å². The molecule has 160 valence electrons. The van der Waals surface area contributed by atoms with Crippen LogP contribution in [0.25, 0.3) is 5.31 Å². The van der Waals surface area contributed by atoms with Crippen molar-refractivity contribution in [2.75, 3.05) is 21.3 Å². The number of ether oxygens (including phenoxy) is 2. The van der Waals surface area contributed by atoms with Crippen LogP contribution in [-0.4, -0.2) is 44.6 Å². The molecule has 5 nitrogen and oxygen atoms in total. The number of aliphatic imine (C=N–C) groups is 1. The maximum absolute atomic E-state index is 12.8. The molecule has 1 amide bonds. The highest BCUT2D eigenvalue weighted by Crippen LogP contribution is 2.46. The van der Waals surface area contributed by atoms with Gasteiger partial charge in [-0.3, -0.25) is 4.79 Å². The SMILES string of the molecule is C=NC.COc1ccc(C2=CC(=O)N3C=C(C4CCCCC4)C=CC3P2)cc1OC. The predicted octanol–water partition coefficient (Wildman–Crippen LogP) is 5.24. The first-order valence-electron chi connectivity index (χ1n) is 10.4. The van der Waals surface area contributed by atoms with Crippen molar-refractivity contribution in [1.29, 1.82) is 0 Å². The quantitative estimate of drug-likeness (QED) is 0.489. The number of amides is 1. The van der Waals surface area contributed by atoms with Crippen molar-refractivity contribution < 1.29 is 14.3 Å². The van der Waals surface area contributed by atoms with E-state index >= 15 is 0 Å². The van der Waals surface area contributed by atoms with Crippen molar-refractivity contribution in [3.8, 4) is 11.5 Å². The molecule has 0 N–H and O–H groups in total. The summed E-state index contributed by atoms with van der Waals surface area (Å²) in [5, 5.41) is 1.07. The number of hydrogen-bond acceptors (Lipinski definition) is 4. The van der Waals surface area contributed by atoms with E-state index in [4.69, 9.17) is 9.47 Å². The average molecular weight is 426 g/mol. The van der Waals surface area contributed by atoms with Gasteiger partial charge in [0.2, 0.25) is 0 Å². The smallest absolute Gasteiger partial charge is 0.252 e. The molecule has 2 atom stereocenters. The van der Waals surface area contributed by atoms with Gasteiger partial charge in [0.05, 0.1) is 20.0 Å². The van der Waals surface area contributed by atoms with E-state index < -0.39 is 0 Å². The van der Waals surface area contributed by atoms with Crippen molar-refractivity contribution >= 4 is 26.5 Å². The molecule has 2 aliphatic heterocycles. The normalized spacial score (nSPS) is 21.8. The molecule has 3 aliphatic rings. The Balaban J connectivity index is 0.000000806. The molecule has 6 heteroatoms. The standard InChI is InChI=1S/C22H26NO3P.C2H5N/c1-25-18-10-8-16(12-19(18)26-2)20-13-21(24)23-14-17(9-11-22(23)27-20)15-6-4-3-5-7-15;1-3-2/h8-15,22,27H,3-7H2,1-2H3;1H2,2H3. The van der Waals surface area contributed by atoms with Crippen LogP contribution in [0.1, 0.15) is 37.7 Å². The molecular formula is C24H31N2O3P. The van der Waals surface area contributed by atoms with Crippen molar-refractivity contribution in [2.45, 2.75) is 37.9 Å². The van der Waals surface area contributed by atoms with Crippen LogP contribution in [0.15, 0.2) is 53.2 Å². The molecular weight excluding hydrogens is 395 g/mol. The van der Waals surface area contributed by atoms with Gasteiger partial charge < -0.3 is 19.4 Å². The third-order valence-electron chi connectivity index (χ3n) is 5.66. The van der Waals surface area contributed by atoms with Crippen LogP contribution in [-0.2, 0) is 4.79 Å². The highest BCUT2D eigenvalue weighted by molar-refractivity contribution is 7.51. The monoisotopic (exact) mass is 426 g/mol. The second kappa shape index (κ2) is 10.6. The number of allylic oxidation sites excluding steroid dienone is 2. The lowest BCUT2D eigenvalue weighted by atomic mass is 9.83. The van der Waals surface area contributed by atoms with Gasteiger partial charge in [-0.15, -0.1) is 0 Å². The zero-order chi connectivity index (χ0) is 21.5. The molecule has 0 saturated heterocycles. The summed E-state index contributed by atoms with van der Waals surface area (Å²) in [4.78, 5) is 18.0. The Kier molecular flexibility index (Phi) is 7.87. The molecule has 2 unspecified atom stereocenters. The van der Waals surface area contributed by atoms with Crippen molar-refractivity contribution in [2.24, 2.45) is 10.9 Å². The minimum Gasteiger partial charge on any atom is -0.493 e. The fraction of sp³-hybridized carbons (Fsp3) is 0.417. The molecule has 2 heterocycles. The second-order valence-corrected chi connectivity index (χ2v) is 9.02. The summed E-state index contributed by atoms with van der Waals surface area (Å²) < 4.78 is 10.7. The minimum absolute atomic E-state index is 0.0706. The highest BCUT2D eigenvalue weighted by atomic mass is 31.1. The van der Waals surface area contributed by atoms with E-state index in [1.165, 1.54) is 37.7 Å². The van der Waals surface area contributed by atoms with Crippen LogP contribution in [0.5, 0.6) is 11.5 Å².